The first-order valence-corrected chi connectivity index (χ1v) is 5.04. The normalized spacial score (nSPS) is 39.4. The fourth-order valence-electron chi connectivity index (χ4n) is 2.57. The highest BCUT2D eigenvalue weighted by atomic mass is 16.3. The first-order valence-electron chi connectivity index (χ1n) is 5.04. The summed E-state index contributed by atoms with van der Waals surface area (Å²) in [6.45, 7) is 11.7. The topological polar surface area (TPSA) is 20.2 Å². The van der Waals surface area contributed by atoms with Crippen molar-refractivity contribution in [2.75, 3.05) is 0 Å². The zero-order valence-corrected chi connectivity index (χ0v) is 8.66. The largest absolute Gasteiger partial charge is 0.388 e. The maximum atomic E-state index is 10.5. The summed E-state index contributed by atoms with van der Waals surface area (Å²) in [6.07, 6.45) is 5.86. The molecule has 0 bridgehead atoms. The molecule has 1 heteroatoms. The van der Waals surface area contributed by atoms with Crippen LogP contribution in [0.15, 0.2) is 25.3 Å². The number of hydrogen-bond donors (Lipinski definition) is 1. The van der Waals surface area contributed by atoms with Crippen LogP contribution < -0.4 is 0 Å². The van der Waals surface area contributed by atoms with Crippen molar-refractivity contribution in [1.82, 2.24) is 0 Å². The first-order chi connectivity index (χ1) is 6.07. The molecule has 1 fully saturated rings. The average molecular weight is 180 g/mol. The van der Waals surface area contributed by atoms with Crippen molar-refractivity contribution in [3.8, 4) is 0 Å². The van der Waals surface area contributed by atoms with Gasteiger partial charge in [-0.1, -0.05) is 26.0 Å². The van der Waals surface area contributed by atoms with Crippen LogP contribution in [0.5, 0.6) is 0 Å². The summed E-state index contributed by atoms with van der Waals surface area (Å²) in [4.78, 5) is 0. The fraction of sp³-hybridized carbons (Fsp3) is 0.667. The molecule has 0 radical (unpaired) electrons. The maximum absolute atomic E-state index is 10.5. The van der Waals surface area contributed by atoms with E-state index < -0.39 is 5.60 Å². The van der Waals surface area contributed by atoms with Crippen LogP contribution in [0.2, 0.25) is 0 Å². The van der Waals surface area contributed by atoms with E-state index in [2.05, 4.69) is 27.0 Å². The number of rotatable bonds is 3. The van der Waals surface area contributed by atoms with Crippen molar-refractivity contribution < 1.29 is 5.11 Å². The molecule has 1 rings (SSSR count). The van der Waals surface area contributed by atoms with Gasteiger partial charge in [0, 0.05) is 11.8 Å². The van der Waals surface area contributed by atoms with Crippen molar-refractivity contribution in [2.24, 2.45) is 17.8 Å². The Labute approximate surface area is 81.2 Å². The summed E-state index contributed by atoms with van der Waals surface area (Å²) >= 11 is 0. The van der Waals surface area contributed by atoms with E-state index in [-0.39, 0.29) is 17.8 Å². The second-order valence-corrected chi connectivity index (χ2v) is 4.30. The molecule has 0 aromatic heterocycles. The summed E-state index contributed by atoms with van der Waals surface area (Å²) in [7, 11) is 0. The Bertz CT molecular complexity index is 189. The lowest BCUT2D eigenvalue weighted by Gasteiger charge is -2.36. The van der Waals surface area contributed by atoms with Crippen molar-refractivity contribution in [3.63, 3.8) is 0 Å². The van der Waals surface area contributed by atoms with Crippen molar-refractivity contribution >= 4 is 0 Å². The zero-order chi connectivity index (χ0) is 10.1. The van der Waals surface area contributed by atoms with E-state index in [1.807, 2.05) is 12.2 Å². The van der Waals surface area contributed by atoms with Gasteiger partial charge in [0.1, 0.15) is 0 Å². The molecule has 13 heavy (non-hydrogen) atoms. The zero-order valence-electron chi connectivity index (χ0n) is 8.66. The Balaban J connectivity index is 2.96. The quantitative estimate of drug-likeness (QED) is 0.662. The van der Waals surface area contributed by atoms with Crippen LogP contribution in [0.3, 0.4) is 0 Å². The van der Waals surface area contributed by atoms with Crippen molar-refractivity contribution in [1.29, 1.82) is 0 Å². The molecule has 1 saturated carbocycles. The molecule has 2 atom stereocenters. The van der Waals surface area contributed by atoms with E-state index in [1.165, 1.54) is 0 Å². The molecule has 0 saturated heterocycles. The van der Waals surface area contributed by atoms with Gasteiger partial charge >= 0.3 is 0 Å². The molecule has 0 aromatic carbocycles. The summed E-state index contributed by atoms with van der Waals surface area (Å²) in [5.41, 5.74) is -0.608. The van der Waals surface area contributed by atoms with Gasteiger partial charge in [-0.15, -0.1) is 13.2 Å². The third kappa shape index (κ3) is 1.46. The standard InChI is InChI=1S/C12H20O/c1-5-10-7-8-11(6-2)12(10,13)9(3)4/h5-6,9-11,13H,1-2,7-8H2,3-4H3. The monoisotopic (exact) mass is 180 g/mol. The minimum Gasteiger partial charge on any atom is -0.388 e. The molecule has 0 heterocycles. The van der Waals surface area contributed by atoms with Gasteiger partial charge in [0.25, 0.3) is 0 Å². The first kappa shape index (κ1) is 10.5. The molecule has 1 N–H and O–H groups in total. The lowest BCUT2D eigenvalue weighted by molar-refractivity contribution is -0.0486. The summed E-state index contributed by atoms with van der Waals surface area (Å²) in [5, 5.41) is 10.5. The highest BCUT2D eigenvalue weighted by molar-refractivity contribution is 5.10. The van der Waals surface area contributed by atoms with Gasteiger partial charge in [-0.3, -0.25) is 0 Å². The predicted molar refractivity (Wildman–Crippen MR) is 56.4 cm³/mol. The molecular formula is C12H20O. The van der Waals surface area contributed by atoms with Gasteiger partial charge < -0.3 is 5.11 Å². The van der Waals surface area contributed by atoms with Crippen LogP contribution in [0.25, 0.3) is 0 Å². The smallest absolute Gasteiger partial charge is 0.0794 e. The fourth-order valence-corrected chi connectivity index (χ4v) is 2.57. The average Bonchev–Trinajstić information content (AvgIpc) is 2.43. The lowest BCUT2D eigenvalue weighted by atomic mass is 9.75. The third-order valence-electron chi connectivity index (χ3n) is 3.47. The Kier molecular flexibility index (Phi) is 2.97. The van der Waals surface area contributed by atoms with Gasteiger partial charge in [0.2, 0.25) is 0 Å². The van der Waals surface area contributed by atoms with Crippen molar-refractivity contribution in [2.45, 2.75) is 32.3 Å². The Morgan fingerprint density at radius 3 is 1.85 bits per heavy atom. The third-order valence-corrected chi connectivity index (χ3v) is 3.47. The van der Waals surface area contributed by atoms with Crippen LogP contribution in [-0.4, -0.2) is 10.7 Å². The van der Waals surface area contributed by atoms with E-state index >= 15 is 0 Å². The second kappa shape index (κ2) is 3.67. The highest BCUT2D eigenvalue weighted by Gasteiger charge is 2.48. The molecule has 1 nitrogen and oxygen atoms in total. The number of aliphatic hydroxyl groups is 1. The van der Waals surface area contributed by atoms with E-state index in [0.717, 1.165) is 12.8 Å². The second-order valence-electron chi connectivity index (χ2n) is 4.30. The molecule has 0 amide bonds. The summed E-state index contributed by atoms with van der Waals surface area (Å²) in [5.74, 6) is 0.729. The van der Waals surface area contributed by atoms with Gasteiger partial charge in [0.05, 0.1) is 5.60 Å². The number of hydrogen-bond acceptors (Lipinski definition) is 1. The van der Waals surface area contributed by atoms with Crippen LogP contribution in [0.1, 0.15) is 26.7 Å². The maximum Gasteiger partial charge on any atom is 0.0794 e. The van der Waals surface area contributed by atoms with Crippen LogP contribution in [-0.2, 0) is 0 Å². The predicted octanol–water partition coefficient (Wildman–Crippen LogP) is 2.77. The lowest BCUT2D eigenvalue weighted by Crippen LogP contribution is -2.43. The molecule has 1 aliphatic rings. The van der Waals surface area contributed by atoms with Crippen LogP contribution in [0.4, 0.5) is 0 Å². The molecule has 0 aliphatic heterocycles. The van der Waals surface area contributed by atoms with Gasteiger partial charge in [-0.25, -0.2) is 0 Å². The minimum absolute atomic E-state index is 0.232. The van der Waals surface area contributed by atoms with Gasteiger partial charge in [-0.05, 0) is 18.8 Å². The van der Waals surface area contributed by atoms with Crippen molar-refractivity contribution in [3.05, 3.63) is 25.3 Å². The molecule has 0 aromatic rings. The molecule has 2 unspecified atom stereocenters. The van der Waals surface area contributed by atoms with Crippen LogP contribution in [0, 0.1) is 17.8 Å². The molecule has 74 valence electrons. The SMILES string of the molecule is C=CC1CCC(C=C)C1(O)C(C)C. The Morgan fingerprint density at radius 1 is 1.23 bits per heavy atom. The van der Waals surface area contributed by atoms with E-state index in [1.54, 1.807) is 0 Å². The molecule has 1 aliphatic carbocycles. The van der Waals surface area contributed by atoms with E-state index in [0.29, 0.717) is 0 Å². The Hall–Kier alpha value is -0.560. The molecular weight excluding hydrogens is 160 g/mol. The van der Waals surface area contributed by atoms with E-state index in [4.69, 9.17) is 0 Å². The van der Waals surface area contributed by atoms with Crippen LogP contribution >= 0.6 is 0 Å². The van der Waals surface area contributed by atoms with Gasteiger partial charge in [-0.2, -0.15) is 0 Å². The minimum atomic E-state index is -0.608. The highest BCUT2D eigenvalue weighted by Crippen LogP contribution is 2.46. The van der Waals surface area contributed by atoms with Gasteiger partial charge in [0.15, 0.2) is 0 Å². The Morgan fingerprint density at radius 2 is 1.62 bits per heavy atom. The summed E-state index contributed by atoms with van der Waals surface area (Å²) < 4.78 is 0. The molecule has 0 spiro atoms. The van der Waals surface area contributed by atoms with E-state index in [9.17, 15) is 5.11 Å². The summed E-state index contributed by atoms with van der Waals surface area (Å²) in [6, 6.07) is 0.